The van der Waals surface area contributed by atoms with Gasteiger partial charge in [0.05, 0.1) is 11.2 Å². The number of fused-ring (bicyclic) bond motifs is 1. The fourth-order valence-electron chi connectivity index (χ4n) is 3.62. The zero-order chi connectivity index (χ0) is 14.2. The van der Waals surface area contributed by atoms with Crippen LogP contribution in [0.4, 0.5) is 4.79 Å². The molecule has 104 valence electrons. The van der Waals surface area contributed by atoms with Gasteiger partial charge in [0.25, 0.3) is 0 Å². The zero-order valence-electron chi connectivity index (χ0n) is 11.6. The minimum absolute atomic E-state index is 0.225. The summed E-state index contributed by atoms with van der Waals surface area (Å²) in [4.78, 5) is 38.9. The Labute approximate surface area is 111 Å². The quantitative estimate of drug-likeness (QED) is 0.479. The summed E-state index contributed by atoms with van der Waals surface area (Å²) in [5, 5.41) is 0. The highest BCUT2D eigenvalue weighted by molar-refractivity contribution is 6.18. The van der Waals surface area contributed by atoms with Crippen LogP contribution in [0.15, 0.2) is 0 Å². The molecule has 2 saturated heterocycles. The summed E-state index contributed by atoms with van der Waals surface area (Å²) in [6.07, 6.45) is 1.46. The van der Waals surface area contributed by atoms with E-state index in [9.17, 15) is 14.4 Å². The average Bonchev–Trinajstić information content (AvgIpc) is 2.94. The number of nitrogens with zero attached hydrogens (tertiary/aromatic N) is 2. The predicted molar refractivity (Wildman–Crippen MR) is 65.1 cm³/mol. The highest BCUT2D eigenvalue weighted by Crippen LogP contribution is 2.62. The lowest BCUT2D eigenvalue weighted by atomic mass is 9.64. The molecule has 0 radical (unpaired) electrons. The molecular weight excluding hydrogens is 248 g/mol. The van der Waals surface area contributed by atoms with E-state index in [0.29, 0.717) is 19.3 Å². The number of epoxide rings is 1. The van der Waals surface area contributed by atoms with Gasteiger partial charge in [-0.05, 0) is 26.7 Å². The van der Waals surface area contributed by atoms with Gasteiger partial charge in [-0.3, -0.25) is 19.4 Å². The molecule has 0 aromatic heterocycles. The van der Waals surface area contributed by atoms with Gasteiger partial charge >= 0.3 is 6.03 Å². The lowest BCUT2D eigenvalue weighted by molar-refractivity contribution is -0.160. The molecule has 3 fully saturated rings. The normalized spacial score (nSPS) is 40.7. The number of urea groups is 1. The summed E-state index contributed by atoms with van der Waals surface area (Å²) in [6.45, 7) is 3.95. The molecule has 3 aliphatic rings. The van der Waals surface area contributed by atoms with Crippen molar-refractivity contribution in [1.29, 1.82) is 0 Å². The van der Waals surface area contributed by atoms with Crippen molar-refractivity contribution in [2.75, 3.05) is 14.1 Å². The smallest absolute Gasteiger partial charge is 0.332 e. The third-order valence-electron chi connectivity index (χ3n) is 5.20. The van der Waals surface area contributed by atoms with E-state index in [1.54, 1.807) is 0 Å². The number of barbiturate groups is 1. The zero-order valence-corrected chi connectivity index (χ0v) is 11.6. The largest absolute Gasteiger partial charge is 0.363 e. The summed E-state index contributed by atoms with van der Waals surface area (Å²) < 4.78 is 5.75. The molecule has 3 rings (SSSR count). The first-order chi connectivity index (χ1) is 8.67. The van der Waals surface area contributed by atoms with Gasteiger partial charge in [-0.1, -0.05) is 0 Å². The second kappa shape index (κ2) is 3.17. The molecular formula is C13H18N2O4. The highest BCUT2D eigenvalue weighted by Gasteiger charge is 2.73. The number of imide groups is 2. The van der Waals surface area contributed by atoms with Crippen LogP contribution in [-0.4, -0.2) is 52.9 Å². The number of rotatable bonds is 0. The molecule has 4 amide bonds. The summed E-state index contributed by atoms with van der Waals surface area (Å²) in [7, 11) is 2.86. The number of amides is 4. The van der Waals surface area contributed by atoms with E-state index in [2.05, 4.69) is 0 Å². The van der Waals surface area contributed by atoms with Crippen molar-refractivity contribution in [1.82, 2.24) is 9.80 Å². The van der Waals surface area contributed by atoms with Crippen LogP contribution in [0.2, 0.25) is 0 Å². The van der Waals surface area contributed by atoms with Gasteiger partial charge < -0.3 is 4.74 Å². The lowest BCUT2D eigenvalue weighted by Gasteiger charge is -2.44. The Bertz CT molecular complexity index is 493. The van der Waals surface area contributed by atoms with Crippen molar-refractivity contribution in [3.63, 3.8) is 0 Å². The summed E-state index contributed by atoms with van der Waals surface area (Å²) in [6, 6.07) is -0.559. The van der Waals surface area contributed by atoms with E-state index in [1.807, 2.05) is 13.8 Å². The fourth-order valence-corrected chi connectivity index (χ4v) is 3.62. The Morgan fingerprint density at radius 1 is 0.947 bits per heavy atom. The van der Waals surface area contributed by atoms with Crippen molar-refractivity contribution >= 4 is 17.8 Å². The predicted octanol–water partition coefficient (Wildman–Crippen LogP) is 0.755. The van der Waals surface area contributed by atoms with E-state index in [-0.39, 0.29) is 17.4 Å². The van der Waals surface area contributed by atoms with Crippen molar-refractivity contribution in [3.8, 4) is 0 Å². The topological polar surface area (TPSA) is 70.2 Å². The van der Waals surface area contributed by atoms with Crippen molar-refractivity contribution in [2.45, 2.75) is 44.3 Å². The molecule has 1 aliphatic carbocycles. The van der Waals surface area contributed by atoms with Crippen LogP contribution in [-0.2, 0) is 14.3 Å². The van der Waals surface area contributed by atoms with Crippen LogP contribution < -0.4 is 0 Å². The molecule has 1 spiro atoms. The summed E-state index contributed by atoms with van der Waals surface area (Å²) in [5.41, 5.74) is -1.78. The molecule has 0 bridgehead atoms. The maximum atomic E-state index is 12.5. The monoisotopic (exact) mass is 266 g/mol. The van der Waals surface area contributed by atoms with Gasteiger partial charge in [-0.2, -0.15) is 0 Å². The standard InChI is InChI=1S/C13H18N2O4/c1-11-5-6-13(7-12(11,2)19-11)8(16)14(3)10(18)15(4)9(13)17/h5-7H2,1-4H3. The van der Waals surface area contributed by atoms with E-state index < -0.39 is 17.0 Å². The van der Waals surface area contributed by atoms with E-state index >= 15 is 0 Å². The lowest BCUT2D eigenvalue weighted by Crippen LogP contribution is -2.65. The Morgan fingerprint density at radius 3 is 1.95 bits per heavy atom. The number of carbonyl (C=O) groups excluding carboxylic acids is 3. The molecule has 2 heterocycles. The van der Waals surface area contributed by atoms with Crippen molar-refractivity contribution in [2.24, 2.45) is 5.41 Å². The summed E-state index contributed by atoms with van der Waals surface area (Å²) >= 11 is 0. The van der Waals surface area contributed by atoms with Gasteiger partial charge in [0.2, 0.25) is 11.8 Å². The number of hydrogen-bond acceptors (Lipinski definition) is 4. The molecule has 0 N–H and O–H groups in total. The molecule has 6 nitrogen and oxygen atoms in total. The first-order valence-corrected chi connectivity index (χ1v) is 6.47. The second-order valence-corrected chi connectivity index (χ2v) is 6.33. The fraction of sp³-hybridized carbons (Fsp3) is 0.769. The number of carbonyl (C=O) groups is 3. The van der Waals surface area contributed by atoms with Gasteiger partial charge in [0.15, 0.2) is 0 Å². The Hall–Kier alpha value is -1.43. The minimum atomic E-state index is -1.12. The molecule has 2 aliphatic heterocycles. The van der Waals surface area contributed by atoms with Crippen molar-refractivity contribution in [3.05, 3.63) is 0 Å². The second-order valence-electron chi connectivity index (χ2n) is 6.33. The maximum absolute atomic E-state index is 12.5. The molecule has 2 unspecified atom stereocenters. The van der Waals surface area contributed by atoms with Crippen molar-refractivity contribution < 1.29 is 19.1 Å². The van der Waals surface area contributed by atoms with Gasteiger partial charge in [-0.15, -0.1) is 0 Å². The van der Waals surface area contributed by atoms with E-state index in [4.69, 9.17) is 4.74 Å². The minimum Gasteiger partial charge on any atom is -0.363 e. The highest BCUT2D eigenvalue weighted by atomic mass is 16.6. The molecule has 1 saturated carbocycles. The SMILES string of the molecule is CN1C(=O)N(C)C(=O)C2(CCC3(C)OC3(C)C2)C1=O. The third-order valence-corrected chi connectivity index (χ3v) is 5.20. The van der Waals surface area contributed by atoms with Gasteiger partial charge in [0.1, 0.15) is 5.41 Å². The van der Waals surface area contributed by atoms with Gasteiger partial charge in [0, 0.05) is 20.5 Å². The van der Waals surface area contributed by atoms with Crippen LogP contribution in [0.1, 0.15) is 33.1 Å². The number of ether oxygens (including phenoxy) is 1. The maximum Gasteiger partial charge on any atom is 0.332 e. The van der Waals surface area contributed by atoms with Crippen LogP contribution in [0.25, 0.3) is 0 Å². The molecule has 2 atom stereocenters. The van der Waals surface area contributed by atoms with Crippen LogP contribution in [0, 0.1) is 5.41 Å². The first-order valence-electron chi connectivity index (χ1n) is 6.47. The Kier molecular flexibility index (Phi) is 2.10. The Balaban J connectivity index is 2.01. The van der Waals surface area contributed by atoms with Gasteiger partial charge in [-0.25, -0.2) is 4.79 Å². The van der Waals surface area contributed by atoms with E-state index in [0.717, 1.165) is 9.80 Å². The molecule has 0 aromatic rings. The van der Waals surface area contributed by atoms with Crippen LogP contribution >= 0.6 is 0 Å². The molecule has 0 aromatic carbocycles. The average molecular weight is 266 g/mol. The molecule has 6 heteroatoms. The molecule has 19 heavy (non-hydrogen) atoms. The van der Waals surface area contributed by atoms with Crippen LogP contribution in [0.3, 0.4) is 0 Å². The van der Waals surface area contributed by atoms with Crippen LogP contribution in [0.5, 0.6) is 0 Å². The summed E-state index contributed by atoms with van der Waals surface area (Å²) in [5.74, 6) is -0.779. The third kappa shape index (κ3) is 1.27. The first kappa shape index (κ1) is 12.6. The Morgan fingerprint density at radius 2 is 1.47 bits per heavy atom. The number of hydrogen-bond donors (Lipinski definition) is 0. The van der Waals surface area contributed by atoms with E-state index in [1.165, 1.54) is 14.1 Å².